The van der Waals surface area contributed by atoms with Gasteiger partial charge in [-0.15, -0.1) is 0 Å². The zero-order valence-corrected chi connectivity index (χ0v) is 14.4. The van der Waals surface area contributed by atoms with Gasteiger partial charge in [-0.2, -0.15) is 5.26 Å². The second-order valence-electron chi connectivity index (χ2n) is 5.31. The Balaban J connectivity index is 3.61. The molecule has 1 aromatic carbocycles. The predicted molar refractivity (Wildman–Crippen MR) is 83.2 cm³/mol. The van der Waals surface area contributed by atoms with Crippen molar-refractivity contribution in [1.29, 1.82) is 5.26 Å². The van der Waals surface area contributed by atoms with Gasteiger partial charge >= 0.3 is 0 Å². The molecule has 108 valence electrons. The first-order chi connectivity index (χ1) is 9.27. The Morgan fingerprint density at radius 1 is 1.20 bits per heavy atom. The number of hydrogen-bond acceptors (Lipinski definition) is 3. The number of ether oxygens (including phenoxy) is 1. The summed E-state index contributed by atoms with van der Waals surface area (Å²) in [5.41, 5.74) is 3.32. The highest BCUT2D eigenvalue weighted by molar-refractivity contribution is 9.10. The van der Waals surface area contributed by atoms with E-state index in [1.54, 1.807) is 7.11 Å². The maximum absolute atomic E-state index is 12.7. The van der Waals surface area contributed by atoms with Crippen LogP contribution in [0.25, 0.3) is 0 Å². The highest BCUT2D eigenvalue weighted by atomic mass is 79.9. The number of hydrogen-bond donors (Lipinski definition) is 0. The molecule has 0 bridgehead atoms. The van der Waals surface area contributed by atoms with Gasteiger partial charge in [-0.1, -0.05) is 29.8 Å². The van der Waals surface area contributed by atoms with Crippen molar-refractivity contribution in [3.05, 3.63) is 26.7 Å². The Kier molecular flexibility index (Phi) is 5.35. The summed E-state index contributed by atoms with van der Waals surface area (Å²) in [7, 11) is 1.56. The van der Waals surface area contributed by atoms with E-state index in [0.717, 1.165) is 21.2 Å². The minimum atomic E-state index is -0.656. The molecule has 0 aliphatic rings. The maximum Gasteiger partial charge on any atom is 0.184 e. The van der Waals surface area contributed by atoms with Crippen molar-refractivity contribution in [2.24, 2.45) is 11.8 Å². The highest BCUT2D eigenvalue weighted by Crippen LogP contribution is 2.37. The number of nitrogens with zero attached hydrogens (tertiary/aromatic N) is 1. The molecule has 0 aliphatic heterocycles. The van der Waals surface area contributed by atoms with Crippen molar-refractivity contribution in [3.63, 3.8) is 0 Å². The van der Waals surface area contributed by atoms with Gasteiger partial charge in [0, 0.05) is 4.47 Å². The standard InChI is InChI=1S/C16H20BrNO2/c1-8(2)12(7-18)15(19)13-11(5)14(17)9(3)10(4)16(13)20-6/h8,12H,1-6H3. The lowest BCUT2D eigenvalue weighted by atomic mass is 9.85. The Hall–Kier alpha value is -1.34. The molecule has 0 saturated carbocycles. The third-order valence-corrected chi connectivity index (χ3v) is 4.89. The number of benzene rings is 1. The molecule has 20 heavy (non-hydrogen) atoms. The van der Waals surface area contributed by atoms with Crippen LogP contribution in [0, 0.1) is 43.9 Å². The van der Waals surface area contributed by atoms with E-state index in [-0.39, 0.29) is 11.7 Å². The van der Waals surface area contributed by atoms with Crippen LogP contribution in [0.2, 0.25) is 0 Å². The average molecular weight is 338 g/mol. The molecule has 0 saturated heterocycles. The van der Waals surface area contributed by atoms with E-state index < -0.39 is 5.92 Å². The first-order valence-electron chi connectivity index (χ1n) is 6.54. The normalized spacial score (nSPS) is 12.2. The van der Waals surface area contributed by atoms with Crippen molar-refractivity contribution in [3.8, 4) is 11.8 Å². The molecule has 0 N–H and O–H groups in total. The highest BCUT2D eigenvalue weighted by Gasteiger charge is 2.29. The van der Waals surface area contributed by atoms with Gasteiger partial charge in [0.1, 0.15) is 11.7 Å². The Morgan fingerprint density at radius 3 is 2.15 bits per heavy atom. The van der Waals surface area contributed by atoms with Crippen LogP contribution in [0.3, 0.4) is 0 Å². The number of carbonyl (C=O) groups excluding carboxylic acids is 1. The van der Waals surface area contributed by atoms with Crippen LogP contribution in [0.5, 0.6) is 5.75 Å². The van der Waals surface area contributed by atoms with E-state index in [2.05, 4.69) is 22.0 Å². The van der Waals surface area contributed by atoms with Gasteiger partial charge in [-0.05, 0) is 43.4 Å². The summed E-state index contributed by atoms with van der Waals surface area (Å²) in [4.78, 5) is 12.7. The van der Waals surface area contributed by atoms with Crippen LogP contribution in [-0.2, 0) is 0 Å². The van der Waals surface area contributed by atoms with Gasteiger partial charge in [0.2, 0.25) is 0 Å². The predicted octanol–water partition coefficient (Wildman–Crippen LogP) is 4.36. The molecular formula is C16H20BrNO2. The first-order valence-corrected chi connectivity index (χ1v) is 7.34. The summed E-state index contributed by atoms with van der Waals surface area (Å²) >= 11 is 3.53. The first kappa shape index (κ1) is 16.7. The zero-order chi connectivity index (χ0) is 15.6. The molecule has 0 spiro atoms. The van der Waals surface area contributed by atoms with E-state index in [1.807, 2.05) is 34.6 Å². The molecule has 0 fully saturated rings. The molecule has 0 amide bonds. The van der Waals surface area contributed by atoms with Crippen molar-refractivity contribution < 1.29 is 9.53 Å². The number of carbonyl (C=O) groups is 1. The SMILES string of the molecule is COc1c(C)c(C)c(Br)c(C)c1C(=O)C(C#N)C(C)C. The molecule has 0 heterocycles. The Bertz CT molecular complexity index is 585. The summed E-state index contributed by atoms with van der Waals surface area (Å²) < 4.78 is 6.34. The van der Waals surface area contributed by atoms with Crippen LogP contribution < -0.4 is 4.74 Å². The lowest BCUT2D eigenvalue weighted by Gasteiger charge is -2.20. The second kappa shape index (κ2) is 6.41. The fourth-order valence-electron chi connectivity index (χ4n) is 2.30. The number of halogens is 1. The zero-order valence-electron chi connectivity index (χ0n) is 12.8. The quantitative estimate of drug-likeness (QED) is 0.767. The summed E-state index contributed by atoms with van der Waals surface area (Å²) in [6.07, 6.45) is 0. The number of ketones is 1. The molecule has 1 atom stereocenters. The van der Waals surface area contributed by atoms with E-state index in [9.17, 15) is 10.1 Å². The summed E-state index contributed by atoms with van der Waals surface area (Å²) in [5, 5.41) is 9.25. The average Bonchev–Trinajstić information content (AvgIpc) is 2.40. The molecule has 4 heteroatoms. The van der Waals surface area contributed by atoms with Gasteiger partial charge in [0.15, 0.2) is 5.78 Å². The number of Topliss-reactive ketones (excluding diaryl/α,β-unsaturated/α-hetero) is 1. The van der Waals surface area contributed by atoms with Gasteiger partial charge < -0.3 is 4.74 Å². The minimum absolute atomic E-state index is 0.0306. The molecule has 0 radical (unpaired) electrons. The van der Waals surface area contributed by atoms with Crippen molar-refractivity contribution in [2.75, 3.05) is 7.11 Å². The lowest BCUT2D eigenvalue weighted by Crippen LogP contribution is -2.21. The third kappa shape index (κ3) is 2.73. The van der Waals surface area contributed by atoms with E-state index in [0.29, 0.717) is 11.3 Å². The van der Waals surface area contributed by atoms with Crippen LogP contribution >= 0.6 is 15.9 Å². The molecule has 0 aliphatic carbocycles. The fraction of sp³-hybridized carbons (Fsp3) is 0.500. The molecule has 3 nitrogen and oxygen atoms in total. The van der Waals surface area contributed by atoms with Crippen LogP contribution in [0.1, 0.15) is 40.9 Å². The second-order valence-corrected chi connectivity index (χ2v) is 6.11. The molecule has 1 aromatic rings. The molecular weight excluding hydrogens is 318 g/mol. The third-order valence-electron chi connectivity index (χ3n) is 3.70. The number of methoxy groups -OCH3 is 1. The lowest BCUT2D eigenvalue weighted by molar-refractivity contribution is 0.0920. The summed E-state index contributed by atoms with van der Waals surface area (Å²) in [6.45, 7) is 9.54. The van der Waals surface area contributed by atoms with Gasteiger partial charge in [-0.25, -0.2) is 0 Å². The van der Waals surface area contributed by atoms with Crippen molar-refractivity contribution >= 4 is 21.7 Å². The van der Waals surface area contributed by atoms with E-state index in [4.69, 9.17) is 4.74 Å². The smallest absolute Gasteiger partial charge is 0.184 e. The molecule has 0 aromatic heterocycles. The topological polar surface area (TPSA) is 50.1 Å². The minimum Gasteiger partial charge on any atom is -0.496 e. The maximum atomic E-state index is 12.7. The van der Waals surface area contributed by atoms with Gasteiger partial charge in [0.05, 0.1) is 18.7 Å². The fourth-order valence-corrected chi connectivity index (χ4v) is 2.80. The van der Waals surface area contributed by atoms with Crippen LogP contribution in [-0.4, -0.2) is 12.9 Å². The molecule has 1 rings (SSSR count). The summed E-state index contributed by atoms with van der Waals surface area (Å²) in [6, 6.07) is 2.11. The van der Waals surface area contributed by atoms with E-state index in [1.165, 1.54) is 0 Å². The van der Waals surface area contributed by atoms with Crippen molar-refractivity contribution in [2.45, 2.75) is 34.6 Å². The number of nitriles is 1. The van der Waals surface area contributed by atoms with Gasteiger partial charge in [-0.3, -0.25) is 4.79 Å². The monoisotopic (exact) mass is 337 g/mol. The van der Waals surface area contributed by atoms with E-state index >= 15 is 0 Å². The summed E-state index contributed by atoms with van der Waals surface area (Å²) in [5.74, 6) is -0.275. The Morgan fingerprint density at radius 2 is 1.75 bits per heavy atom. The Labute approximate surface area is 129 Å². The largest absolute Gasteiger partial charge is 0.496 e. The van der Waals surface area contributed by atoms with Crippen LogP contribution in [0.15, 0.2) is 4.47 Å². The molecule has 1 unspecified atom stereocenters. The number of rotatable bonds is 4. The van der Waals surface area contributed by atoms with Crippen molar-refractivity contribution in [1.82, 2.24) is 0 Å². The van der Waals surface area contributed by atoms with Gasteiger partial charge in [0.25, 0.3) is 0 Å². The van der Waals surface area contributed by atoms with Crippen LogP contribution in [0.4, 0.5) is 0 Å².